The van der Waals surface area contributed by atoms with Gasteiger partial charge in [-0.2, -0.15) is 0 Å². The number of carboxylic acid groups (broad SMARTS) is 1. The molecule has 2 aromatic rings. The third-order valence-corrected chi connectivity index (χ3v) is 4.18. The third kappa shape index (κ3) is 4.79. The zero-order chi connectivity index (χ0) is 16.8. The molecule has 1 unspecified atom stereocenters. The van der Waals surface area contributed by atoms with Crippen molar-refractivity contribution in [1.82, 2.24) is 10.3 Å². The Morgan fingerprint density at radius 1 is 1.43 bits per heavy atom. The molecule has 0 aliphatic heterocycles. The normalized spacial score (nSPS) is 11.7. The molecular weight excluding hydrogens is 316 g/mol. The molecule has 0 aliphatic carbocycles. The van der Waals surface area contributed by atoms with Gasteiger partial charge in [0.25, 0.3) is 5.91 Å². The molecule has 1 atom stereocenters. The molecule has 0 aliphatic rings. The van der Waals surface area contributed by atoms with Crippen LogP contribution < -0.4 is 10.1 Å². The largest absolute Gasteiger partial charge is 0.482 e. The molecule has 0 bridgehead atoms. The fraction of sp³-hybridized carbons (Fsp3) is 0.312. The second kappa shape index (κ2) is 7.73. The monoisotopic (exact) mass is 334 g/mol. The van der Waals surface area contributed by atoms with Gasteiger partial charge in [-0.25, -0.2) is 9.78 Å². The Kier molecular flexibility index (Phi) is 5.70. The molecule has 23 heavy (non-hydrogen) atoms. The summed E-state index contributed by atoms with van der Waals surface area (Å²) in [6.07, 6.45) is 0.730. The number of aliphatic carboxylic acids is 1. The fourth-order valence-electron chi connectivity index (χ4n) is 1.98. The molecule has 1 amide bonds. The number of aromatic nitrogens is 1. The maximum absolute atomic E-state index is 12.4. The number of carboxylic acids is 1. The van der Waals surface area contributed by atoms with Gasteiger partial charge in [-0.15, -0.1) is 11.3 Å². The summed E-state index contributed by atoms with van der Waals surface area (Å²) >= 11 is 1.52. The number of rotatable bonds is 7. The van der Waals surface area contributed by atoms with E-state index in [-0.39, 0.29) is 11.9 Å². The van der Waals surface area contributed by atoms with Crippen molar-refractivity contribution >= 4 is 23.2 Å². The van der Waals surface area contributed by atoms with Crippen molar-refractivity contribution in [1.29, 1.82) is 0 Å². The number of aryl methyl sites for hydroxylation is 1. The summed E-state index contributed by atoms with van der Waals surface area (Å²) in [6, 6.07) is 6.30. The maximum Gasteiger partial charge on any atom is 0.341 e. The molecule has 0 radical (unpaired) electrons. The summed E-state index contributed by atoms with van der Waals surface area (Å²) < 4.78 is 5.09. The Labute approximate surface area is 138 Å². The predicted molar refractivity (Wildman–Crippen MR) is 86.9 cm³/mol. The lowest BCUT2D eigenvalue weighted by molar-refractivity contribution is -0.139. The van der Waals surface area contributed by atoms with Gasteiger partial charge < -0.3 is 15.2 Å². The van der Waals surface area contributed by atoms with Crippen LogP contribution >= 0.6 is 11.3 Å². The summed E-state index contributed by atoms with van der Waals surface area (Å²) in [7, 11) is 0. The minimum Gasteiger partial charge on any atom is -0.482 e. The molecule has 2 rings (SSSR count). The van der Waals surface area contributed by atoms with Crippen LogP contribution in [-0.2, 0) is 4.79 Å². The van der Waals surface area contributed by atoms with Crippen LogP contribution in [0.2, 0.25) is 0 Å². The van der Waals surface area contributed by atoms with E-state index in [1.54, 1.807) is 18.2 Å². The topological polar surface area (TPSA) is 88.5 Å². The molecule has 0 fully saturated rings. The first-order valence-electron chi connectivity index (χ1n) is 7.17. The van der Waals surface area contributed by atoms with E-state index < -0.39 is 12.6 Å². The maximum atomic E-state index is 12.4. The molecule has 0 spiro atoms. The van der Waals surface area contributed by atoms with Gasteiger partial charge in [0.15, 0.2) is 6.61 Å². The highest BCUT2D eigenvalue weighted by atomic mass is 32.1. The van der Waals surface area contributed by atoms with Gasteiger partial charge in [0, 0.05) is 16.6 Å². The smallest absolute Gasteiger partial charge is 0.341 e. The van der Waals surface area contributed by atoms with Crippen molar-refractivity contribution in [2.45, 2.75) is 26.3 Å². The van der Waals surface area contributed by atoms with E-state index in [0.717, 1.165) is 17.1 Å². The van der Waals surface area contributed by atoms with Crippen LogP contribution in [0.15, 0.2) is 29.6 Å². The van der Waals surface area contributed by atoms with Crippen LogP contribution in [0.4, 0.5) is 0 Å². The molecule has 0 saturated heterocycles. The Hall–Kier alpha value is -2.41. The van der Waals surface area contributed by atoms with Crippen molar-refractivity contribution < 1.29 is 19.4 Å². The van der Waals surface area contributed by atoms with Gasteiger partial charge >= 0.3 is 5.97 Å². The van der Waals surface area contributed by atoms with E-state index in [4.69, 9.17) is 9.84 Å². The first-order chi connectivity index (χ1) is 11.0. The minimum absolute atomic E-state index is 0.148. The molecular formula is C16H18N2O4S. The average molecular weight is 334 g/mol. The Balaban J connectivity index is 2.07. The van der Waals surface area contributed by atoms with E-state index in [0.29, 0.717) is 11.3 Å². The van der Waals surface area contributed by atoms with E-state index in [2.05, 4.69) is 10.3 Å². The number of amides is 1. The molecule has 2 N–H and O–H groups in total. The number of benzene rings is 1. The second-order valence-corrected chi connectivity index (χ2v) is 5.86. The number of ether oxygens (including phenoxy) is 1. The molecule has 1 heterocycles. The zero-order valence-corrected chi connectivity index (χ0v) is 13.7. The highest BCUT2D eigenvalue weighted by Gasteiger charge is 2.17. The Bertz CT molecular complexity index is 699. The predicted octanol–water partition coefficient (Wildman–Crippen LogP) is 2.80. The summed E-state index contributed by atoms with van der Waals surface area (Å²) in [6.45, 7) is 3.45. The van der Waals surface area contributed by atoms with Crippen LogP contribution in [0.3, 0.4) is 0 Å². The van der Waals surface area contributed by atoms with Crippen LogP contribution in [0.25, 0.3) is 0 Å². The van der Waals surface area contributed by atoms with Gasteiger partial charge in [-0.3, -0.25) is 4.79 Å². The van der Waals surface area contributed by atoms with Crippen molar-refractivity contribution in [3.05, 3.63) is 45.9 Å². The van der Waals surface area contributed by atoms with Crippen LogP contribution in [0, 0.1) is 6.92 Å². The highest BCUT2D eigenvalue weighted by Crippen LogP contribution is 2.22. The minimum atomic E-state index is -1.06. The standard InChI is InChI=1S/C16H18N2O4S/c1-3-13(16-17-10(2)9-23-16)18-15(21)11-5-4-6-12(7-11)22-8-14(19)20/h4-7,9,13H,3,8H2,1-2H3,(H,18,21)(H,19,20). The molecule has 122 valence electrons. The lowest BCUT2D eigenvalue weighted by Crippen LogP contribution is -2.28. The SMILES string of the molecule is CCC(NC(=O)c1cccc(OCC(=O)O)c1)c1nc(C)cs1. The number of thiazole rings is 1. The quantitative estimate of drug-likeness (QED) is 0.813. The number of nitrogens with zero attached hydrogens (tertiary/aromatic N) is 1. The van der Waals surface area contributed by atoms with Gasteiger partial charge in [-0.05, 0) is 31.5 Å². The van der Waals surface area contributed by atoms with Gasteiger partial charge in [-0.1, -0.05) is 13.0 Å². The average Bonchev–Trinajstić information content (AvgIpc) is 2.97. The highest BCUT2D eigenvalue weighted by molar-refractivity contribution is 7.09. The van der Waals surface area contributed by atoms with Gasteiger partial charge in [0.2, 0.25) is 0 Å². The molecule has 7 heteroatoms. The van der Waals surface area contributed by atoms with Crippen LogP contribution in [-0.4, -0.2) is 28.6 Å². The summed E-state index contributed by atoms with van der Waals surface area (Å²) in [5.74, 6) is -0.964. The van der Waals surface area contributed by atoms with Gasteiger partial charge in [0.1, 0.15) is 10.8 Å². The van der Waals surface area contributed by atoms with E-state index in [1.807, 2.05) is 19.2 Å². The lowest BCUT2D eigenvalue weighted by atomic mass is 10.1. The van der Waals surface area contributed by atoms with Crippen LogP contribution in [0.1, 0.15) is 40.4 Å². The third-order valence-electron chi connectivity index (χ3n) is 3.11. The lowest BCUT2D eigenvalue weighted by Gasteiger charge is -2.15. The van der Waals surface area contributed by atoms with E-state index in [9.17, 15) is 9.59 Å². The van der Waals surface area contributed by atoms with Crippen molar-refractivity contribution in [3.8, 4) is 5.75 Å². The summed E-state index contributed by atoms with van der Waals surface area (Å²) in [5, 5.41) is 14.4. The number of carbonyl (C=O) groups is 2. The van der Waals surface area contributed by atoms with E-state index >= 15 is 0 Å². The molecule has 0 saturated carbocycles. The van der Waals surface area contributed by atoms with Crippen molar-refractivity contribution in [2.75, 3.05) is 6.61 Å². The molecule has 1 aromatic heterocycles. The first kappa shape index (κ1) is 17.0. The molecule has 6 nitrogen and oxygen atoms in total. The summed E-state index contributed by atoms with van der Waals surface area (Å²) in [4.78, 5) is 27.3. The van der Waals surface area contributed by atoms with E-state index in [1.165, 1.54) is 17.4 Å². The Morgan fingerprint density at radius 2 is 2.22 bits per heavy atom. The van der Waals surface area contributed by atoms with Crippen molar-refractivity contribution in [3.63, 3.8) is 0 Å². The number of hydrogen-bond acceptors (Lipinski definition) is 5. The first-order valence-corrected chi connectivity index (χ1v) is 8.05. The summed E-state index contributed by atoms with van der Waals surface area (Å²) in [5.41, 5.74) is 1.35. The number of hydrogen-bond donors (Lipinski definition) is 2. The zero-order valence-electron chi connectivity index (χ0n) is 12.9. The second-order valence-electron chi connectivity index (χ2n) is 4.97. The number of carbonyl (C=O) groups excluding carboxylic acids is 1. The Morgan fingerprint density at radius 3 is 2.83 bits per heavy atom. The van der Waals surface area contributed by atoms with Crippen molar-refractivity contribution in [2.24, 2.45) is 0 Å². The molecule has 1 aromatic carbocycles. The van der Waals surface area contributed by atoms with Gasteiger partial charge in [0.05, 0.1) is 6.04 Å². The fourth-order valence-corrected chi connectivity index (χ4v) is 2.91. The number of nitrogens with one attached hydrogen (secondary N) is 1. The van der Waals surface area contributed by atoms with Crippen LogP contribution in [0.5, 0.6) is 5.75 Å².